The third kappa shape index (κ3) is 4.21. The molecule has 2 aliphatic heterocycles. The van der Waals surface area contributed by atoms with Crippen LogP contribution in [0.5, 0.6) is 0 Å². The molecule has 0 aliphatic carbocycles. The zero-order chi connectivity index (χ0) is 24.9. The van der Waals surface area contributed by atoms with Crippen molar-refractivity contribution >= 4 is 29.5 Å². The first-order valence-electron chi connectivity index (χ1n) is 10.6. The van der Waals surface area contributed by atoms with Gasteiger partial charge >= 0.3 is 17.9 Å². The summed E-state index contributed by atoms with van der Waals surface area (Å²) in [5.41, 5.74) is 3.93. The van der Waals surface area contributed by atoms with Gasteiger partial charge in [0.15, 0.2) is 0 Å². The Hall–Kier alpha value is -3.86. The summed E-state index contributed by atoms with van der Waals surface area (Å²) in [7, 11) is 1.43. The predicted octanol–water partition coefficient (Wildman–Crippen LogP) is 1.04. The van der Waals surface area contributed by atoms with Crippen LogP contribution in [0.3, 0.4) is 0 Å². The van der Waals surface area contributed by atoms with Crippen LogP contribution in [0.4, 0.5) is 5.69 Å². The van der Waals surface area contributed by atoms with Gasteiger partial charge in [-0.1, -0.05) is 18.2 Å². The smallest absolute Gasteiger partial charge is 0.341 e. The van der Waals surface area contributed by atoms with E-state index in [0.717, 1.165) is 0 Å². The summed E-state index contributed by atoms with van der Waals surface area (Å²) in [6.07, 6.45) is -0.522. The van der Waals surface area contributed by atoms with E-state index in [-0.39, 0.29) is 43.3 Å². The van der Waals surface area contributed by atoms with Gasteiger partial charge in [-0.2, -0.15) is 0 Å². The Kier molecular flexibility index (Phi) is 7.57. The van der Waals surface area contributed by atoms with E-state index in [0.29, 0.717) is 5.69 Å². The van der Waals surface area contributed by atoms with Crippen molar-refractivity contribution in [3.05, 3.63) is 52.6 Å². The number of methoxy groups -OCH3 is 1. The maximum Gasteiger partial charge on any atom is 0.341 e. The van der Waals surface area contributed by atoms with Crippen molar-refractivity contribution in [3.8, 4) is 0 Å². The Bertz CT molecular complexity index is 1080. The van der Waals surface area contributed by atoms with Crippen LogP contribution in [0.15, 0.2) is 47.1 Å². The Morgan fingerprint density at radius 3 is 2.35 bits per heavy atom. The minimum absolute atomic E-state index is 0.0405. The summed E-state index contributed by atoms with van der Waals surface area (Å²) in [5.74, 6) is -4.15. The molecule has 1 amide bonds. The van der Waals surface area contributed by atoms with Crippen molar-refractivity contribution < 1.29 is 42.9 Å². The average Bonchev–Trinajstić information content (AvgIpc) is 3.06. The highest BCUT2D eigenvalue weighted by atomic mass is 16.6. The summed E-state index contributed by atoms with van der Waals surface area (Å²) >= 11 is 0. The molecular weight excluding hydrogens is 448 g/mol. The van der Waals surface area contributed by atoms with Gasteiger partial charge in [0.1, 0.15) is 35.3 Å². The van der Waals surface area contributed by atoms with E-state index >= 15 is 0 Å². The van der Waals surface area contributed by atoms with Crippen molar-refractivity contribution in [1.82, 2.24) is 0 Å². The number of hydrogen-bond acceptors (Lipinski definition) is 10. The second kappa shape index (κ2) is 10.4. The molecule has 11 nitrogen and oxygen atoms in total. The maximum atomic E-state index is 13.6. The maximum absolute atomic E-state index is 13.6. The molecule has 0 fully saturated rings. The van der Waals surface area contributed by atoms with Crippen LogP contribution in [-0.2, 0) is 48.3 Å². The number of fused-ring (bicyclic) bond motifs is 2. The lowest BCUT2D eigenvalue weighted by Gasteiger charge is -2.36. The number of esters is 3. The number of para-hydroxylation sites is 1. The Morgan fingerprint density at radius 2 is 1.68 bits per heavy atom. The second-order valence-corrected chi connectivity index (χ2v) is 7.22. The van der Waals surface area contributed by atoms with Crippen molar-refractivity contribution in [2.75, 3.05) is 38.9 Å². The van der Waals surface area contributed by atoms with Crippen LogP contribution < -0.4 is 11.1 Å². The Balaban J connectivity index is 2.30. The Labute approximate surface area is 195 Å². The first kappa shape index (κ1) is 24.8. The van der Waals surface area contributed by atoms with E-state index in [1.54, 1.807) is 38.1 Å². The van der Waals surface area contributed by atoms with Gasteiger partial charge in [-0.15, -0.1) is 0 Å². The first-order chi connectivity index (χ1) is 16.3. The highest BCUT2D eigenvalue weighted by Gasteiger charge is 2.62. The summed E-state index contributed by atoms with van der Waals surface area (Å²) < 4.78 is 26.0. The number of carbonyl (C=O) groups is 4. The molecule has 0 unspecified atom stereocenters. The van der Waals surface area contributed by atoms with Crippen LogP contribution in [0.25, 0.3) is 0 Å². The molecule has 34 heavy (non-hydrogen) atoms. The normalized spacial score (nSPS) is 18.9. The van der Waals surface area contributed by atoms with Crippen LogP contribution >= 0.6 is 0 Å². The highest BCUT2D eigenvalue weighted by molar-refractivity contribution is 6.21. The van der Waals surface area contributed by atoms with Crippen molar-refractivity contribution in [2.45, 2.75) is 25.7 Å². The summed E-state index contributed by atoms with van der Waals surface area (Å²) in [6, 6.07) is 6.48. The van der Waals surface area contributed by atoms with E-state index in [1.807, 2.05) is 0 Å². The van der Waals surface area contributed by atoms with E-state index in [1.165, 1.54) is 7.11 Å². The molecule has 0 radical (unpaired) electrons. The molecule has 0 saturated heterocycles. The van der Waals surface area contributed by atoms with Gasteiger partial charge in [-0.05, 0) is 19.9 Å². The summed E-state index contributed by atoms with van der Waals surface area (Å²) in [6.45, 7) is 3.18. The van der Waals surface area contributed by atoms with Crippen LogP contribution in [-0.4, -0.2) is 57.4 Å². The van der Waals surface area contributed by atoms with Gasteiger partial charge in [0.05, 0.1) is 19.8 Å². The molecule has 2 heterocycles. The van der Waals surface area contributed by atoms with Gasteiger partial charge in [0.25, 0.3) is 0 Å². The van der Waals surface area contributed by atoms with E-state index < -0.39 is 47.1 Å². The highest BCUT2D eigenvalue weighted by Crippen LogP contribution is 2.52. The number of ether oxygens (including phenoxy) is 5. The fraction of sp³-hybridized carbons (Fsp3) is 0.391. The number of benzene rings is 1. The predicted molar refractivity (Wildman–Crippen MR) is 117 cm³/mol. The standard InChI is InChI=1S/C23H26N2O9/c1-4-31-16(26)12-15-17(20(27)32-5-2)23(13-8-6-7-9-14(13)25-22(23)29)18(19(24)34-15)21(28)33-11-10-30-3/h6-9H,4-5,10-12,24H2,1-3H3,(H,25,29)/t23-/m0/s1. The van der Waals surface area contributed by atoms with E-state index in [4.69, 9.17) is 29.4 Å². The largest absolute Gasteiger partial charge is 0.466 e. The number of nitrogens with two attached hydrogens (primary N) is 1. The van der Waals surface area contributed by atoms with Gasteiger partial charge < -0.3 is 34.7 Å². The van der Waals surface area contributed by atoms with Gasteiger partial charge in [-0.25, -0.2) is 9.59 Å². The fourth-order valence-electron chi connectivity index (χ4n) is 3.99. The van der Waals surface area contributed by atoms with Crippen molar-refractivity contribution in [2.24, 2.45) is 5.73 Å². The van der Waals surface area contributed by atoms with E-state index in [2.05, 4.69) is 5.32 Å². The van der Waals surface area contributed by atoms with Crippen LogP contribution in [0, 0.1) is 0 Å². The zero-order valence-corrected chi connectivity index (χ0v) is 19.1. The average molecular weight is 474 g/mol. The molecule has 1 spiro atoms. The third-order valence-corrected chi connectivity index (χ3v) is 5.24. The number of hydrogen-bond donors (Lipinski definition) is 2. The van der Waals surface area contributed by atoms with Gasteiger partial charge in [0, 0.05) is 18.4 Å². The SMILES string of the molecule is CCOC(=O)CC1=C(C(=O)OCC)[C@]2(C(=O)Nc3ccccc32)C(C(=O)OCCOC)=C(N)O1. The van der Waals surface area contributed by atoms with Crippen molar-refractivity contribution in [3.63, 3.8) is 0 Å². The number of amides is 1. The van der Waals surface area contributed by atoms with Gasteiger partial charge in [0.2, 0.25) is 11.8 Å². The monoisotopic (exact) mass is 474 g/mol. The lowest BCUT2D eigenvalue weighted by Crippen LogP contribution is -2.49. The fourth-order valence-corrected chi connectivity index (χ4v) is 3.99. The first-order valence-corrected chi connectivity index (χ1v) is 10.6. The molecule has 1 aromatic carbocycles. The quantitative estimate of drug-likeness (QED) is 0.301. The van der Waals surface area contributed by atoms with Gasteiger partial charge in [-0.3, -0.25) is 9.59 Å². The third-order valence-electron chi connectivity index (χ3n) is 5.24. The topological polar surface area (TPSA) is 152 Å². The zero-order valence-electron chi connectivity index (χ0n) is 19.1. The van der Waals surface area contributed by atoms with E-state index in [9.17, 15) is 19.2 Å². The molecule has 1 atom stereocenters. The molecule has 2 aliphatic rings. The van der Waals surface area contributed by atoms with Crippen molar-refractivity contribution in [1.29, 1.82) is 0 Å². The lowest BCUT2D eigenvalue weighted by molar-refractivity contribution is -0.144. The van der Waals surface area contributed by atoms with Crippen LogP contribution in [0.1, 0.15) is 25.8 Å². The molecule has 0 saturated carbocycles. The lowest BCUT2D eigenvalue weighted by atomic mass is 9.67. The number of anilines is 1. The Morgan fingerprint density at radius 1 is 1.00 bits per heavy atom. The molecule has 182 valence electrons. The molecule has 11 heteroatoms. The minimum Gasteiger partial charge on any atom is -0.466 e. The second-order valence-electron chi connectivity index (χ2n) is 7.22. The molecule has 3 N–H and O–H groups in total. The molecule has 3 rings (SSSR count). The number of carbonyl (C=O) groups excluding carboxylic acids is 4. The summed E-state index contributed by atoms with van der Waals surface area (Å²) in [4.78, 5) is 52.4. The molecule has 1 aromatic rings. The molecule has 0 bridgehead atoms. The number of rotatable bonds is 9. The minimum atomic E-state index is -2.07. The molecule has 0 aromatic heterocycles. The number of nitrogens with one attached hydrogen (secondary N) is 1. The summed E-state index contributed by atoms with van der Waals surface area (Å²) in [5, 5.41) is 2.68. The molecular formula is C23H26N2O9. The van der Waals surface area contributed by atoms with Crippen LogP contribution in [0.2, 0.25) is 0 Å².